The van der Waals surface area contributed by atoms with Crippen molar-refractivity contribution in [1.82, 2.24) is 19.5 Å². The van der Waals surface area contributed by atoms with Gasteiger partial charge in [0.25, 0.3) is 0 Å². The Morgan fingerprint density at radius 1 is 1.22 bits per heavy atom. The Balaban J connectivity index is 1.54. The maximum Gasteiger partial charge on any atom is 0.223 e. The third-order valence-electron chi connectivity index (χ3n) is 6.97. The van der Waals surface area contributed by atoms with Crippen LogP contribution in [0.5, 0.6) is 0 Å². The minimum absolute atomic E-state index is 0.0426. The van der Waals surface area contributed by atoms with Crippen molar-refractivity contribution in [3.63, 3.8) is 0 Å². The summed E-state index contributed by atoms with van der Waals surface area (Å²) in [7, 11) is 0. The Bertz CT molecular complexity index is 1290. The van der Waals surface area contributed by atoms with E-state index in [4.69, 9.17) is 16.3 Å². The topological polar surface area (TPSA) is 129 Å². The van der Waals surface area contributed by atoms with Crippen LogP contribution in [0.25, 0.3) is 22.3 Å². The lowest BCUT2D eigenvalue weighted by atomic mass is 10.1. The van der Waals surface area contributed by atoms with Crippen molar-refractivity contribution >= 4 is 34.5 Å². The van der Waals surface area contributed by atoms with E-state index < -0.39 is 17.7 Å². The first-order valence-corrected chi connectivity index (χ1v) is 13.0. The van der Waals surface area contributed by atoms with Gasteiger partial charge in [-0.05, 0) is 38.8 Å². The molecule has 0 aliphatic carbocycles. The molecule has 0 radical (unpaired) electrons. The molecule has 2 aromatic heterocycles. The summed E-state index contributed by atoms with van der Waals surface area (Å²) in [6.07, 6.45) is 2.40. The number of imidazole rings is 1. The van der Waals surface area contributed by atoms with Gasteiger partial charge in [-0.25, -0.2) is 19.3 Å². The minimum atomic E-state index is -1.71. The second kappa shape index (κ2) is 10.3. The second-order valence-electron chi connectivity index (χ2n) is 10.1. The summed E-state index contributed by atoms with van der Waals surface area (Å²) in [6.45, 7) is 5.71. The van der Waals surface area contributed by atoms with Gasteiger partial charge in [0.05, 0.1) is 41.2 Å². The molecule has 5 rings (SSSR count). The van der Waals surface area contributed by atoms with Gasteiger partial charge in [0.1, 0.15) is 5.52 Å². The van der Waals surface area contributed by atoms with E-state index in [-0.39, 0.29) is 48.0 Å². The molecule has 2 saturated heterocycles. The molecular weight excluding hydrogens is 503 g/mol. The van der Waals surface area contributed by atoms with Crippen LogP contribution in [-0.2, 0) is 4.74 Å². The van der Waals surface area contributed by atoms with Crippen LogP contribution in [0.15, 0.2) is 18.3 Å². The number of nitrogens with one attached hydrogen (secondary N) is 1. The highest BCUT2D eigenvalue weighted by Gasteiger charge is 2.30. The predicted octanol–water partition coefficient (Wildman–Crippen LogP) is 3.10. The van der Waals surface area contributed by atoms with Crippen molar-refractivity contribution in [2.24, 2.45) is 0 Å². The first kappa shape index (κ1) is 26.1. The number of halogens is 2. The van der Waals surface area contributed by atoms with E-state index in [1.807, 2.05) is 29.4 Å². The molecule has 200 valence electrons. The fourth-order valence-electron chi connectivity index (χ4n) is 5.01. The standard InChI is InChI=1S/C25H32ClFN6O4/c1-14(2)33-19-11-15(21-16(26)12-28-23(30-21)29-18-4-9-37-13-20(18)34)10-17(27)22(19)31-24(33)32-7-3-5-25(35,36)6-8-32/h10-12,14,18,20,34-36H,3-9,13H2,1-2H3,(H,28,29,30)/t18-,20-/m1/s1. The highest BCUT2D eigenvalue weighted by molar-refractivity contribution is 6.33. The van der Waals surface area contributed by atoms with Crippen LogP contribution in [0.4, 0.5) is 16.3 Å². The third kappa shape index (κ3) is 5.37. The number of benzene rings is 1. The molecule has 3 aromatic rings. The molecule has 2 aliphatic rings. The fourth-order valence-corrected chi connectivity index (χ4v) is 5.21. The number of nitrogens with zero attached hydrogens (tertiary/aromatic N) is 5. The number of rotatable bonds is 5. The molecule has 1 aromatic carbocycles. The summed E-state index contributed by atoms with van der Waals surface area (Å²) in [5, 5.41) is 33.8. The quantitative estimate of drug-likeness (QED) is 0.365. The zero-order chi connectivity index (χ0) is 26.3. The van der Waals surface area contributed by atoms with Crippen molar-refractivity contribution in [1.29, 1.82) is 0 Å². The Morgan fingerprint density at radius 2 is 2.03 bits per heavy atom. The van der Waals surface area contributed by atoms with Gasteiger partial charge in [-0.2, -0.15) is 0 Å². The molecule has 2 fully saturated rings. The Morgan fingerprint density at radius 3 is 2.78 bits per heavy atom. The van der Waals surface area contributed by atoms with Gasteiger partial charge in [-0.15, -0.1) is 0 Å². The van der Waals surface area contributed by atoms with Crippen LogP contribution >= 0.6 is 11.6 Å². The van der Waals surface area contributed by atoms with Gasteiger partial charge in [-0.3, -0.25) is 0 Å². The molecule has 0 unspecified atom stereocenters. The number of fused-ring (bicyclic) bond motifs is 1. The molecule has 2 aliphatic heterocycles. The van der Waals surface area contributed by atoms with E-state index >= 15 is 4.39 Å². The van der Waals surface area contributed by atoms with Crippen LogP contribution in [0, 0.1) is 5.82 Å². The van der Waals surface area contributed by atoms with Gasteiger partial charge in [0, 0.05) is 44.1 Å². The zero-order valence-corrected chi connectivity index (χ0v) is 21.6. The summed E-state index contributed by atoms with van der Waals surface area (Å²) in [5.41, 5.74) is 1.65. The molecular formula is C25H32ClFN6O4. The SMILES string of the molecule is CC(C)n1c(N2CCCC(O)(O)CC2)nc2c(F)cc(-c3nc(N[C@@H]4CCOC[C@H]4O)ncc3Cl)cc21. The molecule has 0 saturated carbocycles. The largest absolute Gasteiger partial charge is 0.389 e. The van der Waals surface area contributed by atoms with Crippen molar-refractivity contribution in [3.05, 3.63) is 29.2 Å². The number of hydrogen-bond donors (Lipinski definition) is 4. The fraction of sp³-hybridized carbons (Fsp3) is 0.560. The van der Waals surface area contributed by atoms with E-state index in [0.717, 1.165) is 0 Å². The maximum atomic E-state index is 15.5. The number of ether oxygens (including phenoxy) is 1. The molecule has 4 heterocycles. The number of aromatic nitrogens is 4. The predicted molar refractivity (Wildman–Crippen MR) is 138 cm³/mol. The number of aliphatic hydroxyl groups is 3. The molecule has 37 heavy (non-hydrogen) atoms. The van der Waals surface area contributed by atoms with Gasteiger partial charge < -0.3 is 34.8 Å². The Hall–Kier alpha value is -2.57. The van der Waals surface area contributed by atoms with Crippen LogP contribution in [0.2, 0.25) is 5.02 Å². The lowest BCUT2D eigenvalue weighted by Crippen LogP contribution is -2.42. The number of hydrogen-bond acceptors (Lipinski definition) is 9. The Kier molecular flexibility index (Phi) is 7.25. The highest BCUT2D eigenvalue weighted by atomic mass is 35.5. The van der Waals surface area contributed by atoms with E-state index in [9.17, 15) is 15.3 Å². The molecule has 4 N–H and O–H groups in total. The summed E-state index contributed by atoms with van der Waals surface area (Å²) < 4.78 is 22.7. The number of aliphatic hydroxyl groups excluding tert-OH is 1. The van der Waals surface area contributed by atoms with E-state index in [2.05, 4.69) is 20.3 Å². The highest BCUT2D eigenvalue weighted by Crippen LogP contribution is 2.35. The second-order valence-corrected chi connectivity index (χ2v) is 10.5. The van der Waals surface area contributed by atoms with Crippen LogP contribution in [0.3, 0.4) is 0 Å². The van der Waals surface area contributed by atoms with Crippen molar-refractivity contribution in [2.45, 2.75) is 63.5 Å². The molecule has 0 amide bonds. The van der Waals surface area contributed by atoms with Gasteiger partial charge in [0.2, 0.25) is 11.9 Å². The summed E-state index contributed by atoms with van der Waals surface area (Å²) in [5.74, 6) is -1.35. The molecule has 2 atom stereocenters. The first-order valence-electron chi connectivity index (χ1n) is 12.6. The lowest BCUT2D eigenvalue weighted by molar-refractivity contribution is -0.165. The zero-order valence-electron chi connectivity index (χ0n) is 20.9. The smallest absolute Gasteiger partial charge is 0.223 e. The first-order chi connectivity index (χ1) is 17.6. The molecule has 0 bridgehead atoms. The van der Waals surface area contributed by atoms with E-state index in [1.54, 1.807) is 0 Å². The maximum absolute atomic E-state index is 15.5. The van der Waals surface area contributed by atoms with E-state index in [1.165, 1.54) is 12.3 Å². The van der Waals surface area contributed by atoms with Gasteiger partial charge in [0.15, 0.2) is 11.6 Å². The Labute approximate surface area is 219 Å². The van der Waals surface area contributed by atoms with Gasteiger partial charge >= 0.3 is 0 Å². The van der Waals surface area contributed by atoms with Gasteiger partial charge in [-0.1, -0.05) is 11.6 Å². The van der Waals surface area contributed by atoms with E-state index in [0.29, 0.717) is 55.3 Å². The number of anilines is 2. The normalized spacial score (nSPS) is 22.4. The third-order valence-corrected chi connectivity index (χ3v) is 7.25. The van der Waals surface area contributed by atoms with Crippen LogP contribution in [0.1, 0.15) is 45.6 Å². The molecule has 0 spiro atoms. The average Bonchev–Trinajstić information content (AvgIpc) is 3.14. The summed E-state index contributed by atoms with van der Waals surface area (Å²) >= 11 is 6.46. The molecule has 10 nitrogen and oxygen atoms in total. The summed E-state index contributed by atoms with van der Waals surface area (Å²) in [4.78, 5) is 15.4. The van der Waals surface area contributed by atoms with Crippen molar-refractivity contribution in [2.75, 3.05) is 36.5 Å². The minimum Gasteiger partial charge on any atom is -0.389 e. The monoisotopic (exact) mass is 534 g/mol. The van der Waals surface area contributed by atoms with Crippen LogP contribution in [-0.4, -0.2) is 79.1 Å². The average molecular weight is 535 g/mol. The lowest BCUT2D eigenvalue weighted by Gasteiger charge is -2.28. The van der Waals surface area contributed by atoms with Crippen LogP contribution < -0.4 is 10.2 Å². The van der Waals surface area contributed by atoms with Crippen molar-refractivity contribution in [3.8, 4) is 11.3 Å². The van der Waals surface area contributed by atoms with Crippen molar-refractivity contribution < 1.29 is 24.4 Å². The molecule has 12 heteroatoms. The summed E-state index contributed by atoms with van der Waals surface area (Å²) in [6, 6.07) is 2.87.